The third-order valence-corrected chi connectivity index (χ3v) is 3.48. The van der Waals surface area contributed by atoms with Gasteiger partial charge in [0, 0.05) is 11.3 Å². The Morgan fingerprint density at radius 1 is 1.39 bits per heavy atom. The normalized spacial score (nSPS) is 10.7. The lowest BCUT2D eigenvalue weighted by Gasteiger charge is -2.06. The van der Waals surface area contributed by atoms with Crippen molar-refractivity contribution in [3.8, 4) is 5.69 Å². The second kappa shape index (κ2) is 4.94. The summed E-state index contributed by atoms with van der Waals surface area (Å²) in [5.74, 6) is 0. The van der Waals surface area contributed by atoms with E-state index in [1.165, 1.54) is 5.56 Å². The van der Waals surface area contributed by atoms with Gasteiger partial charge in [0.1, 0.15) is 0 Å². The Balaban J connectivity index is 2.55. The van der Waals surface area contributed by atoms with Gasteiger partial charge >= 0.3 is 0 Å². The highest BCUT2D eigenvalue weighted by molar-refractivity contribution is 6.33. The fraction of sp³-hybridized carbons (Fsp3) is 0.286. The first-order valence-electron chi connectivity index (χ1n) is 5.88. The fourth-order valence-electron chi connectivity index (χ4n) is 2.18. The Labute approximate surface area is 111 Å². The molecule has 0 N–H and O–H groups in total. The zero-order valence-corrected chi connectivity index (χ0v) is 11.5. The molecule has 1 aromatic heterocycles. The molecule has 0 aliphatic heterocycles. The molecule has 0 atom stereocenters. The van der Waals surface area contributed by atoms with Crippen LogP contribution in [0.5, 0.6) is 0 Å². The number of rotatable bonds is 3. The first-order valence-corrected chi connectivity index (χ1v) is 6.26. The molecule has 1 aromatic carbocycles. The lowest BCUT2D eigenvalue weighted by atomic mass is 10.1. The molecule has 0 amide bonds. The van der Waals surface area contributed by atoms with E-state index in [0.29, 0.717) is 10.6 Å². The van der Waals surface area contributed by atoms with Gasteiger partial charge in [0.05, 0.1) is 16.4 Å². The summed E-state index contributed by atoms with van der Waals surface area (Å²) < 4.78 is 1.87. The highest BCUT2D eigenvalue weighted by Crippen LogP contribution is 2.22. The molecule has 4 heteroatoms. The van der Waals surface area contributed by atoms with Gasteiger partial charge in [-0.05, 0) is 44.0 Å². The van der Waals surface area contributed by atoms with Gasteiger partial charge in [0.25, 0.3) is 0 Å². The van der Waals surface area contributed by atoms with Crippen LogP contribution in [0.2, 0.25) is 5.02 Å². The molecule has 3 nitrogen and oxygen atoms in total. The van der Waals surface area contributed by atoms with Crippen molar-refractivity contribution >= 4 is 17.9 Å². The number of aldehydes is 1. The molecule has 2 rings (SSSR count). The molecule has 2 aromatic rings. The summed E-state index contributed by atoms with van der Waals surface area (Å²) in [6.45, 7) is 6.16. The maximum Gasteiger partial charge on any atom is 0.151 e. The molecule has 0 aliphatic rings. The predicted molar refractivity (Wildman–Crippen MR) is 72.8 cm³/mol. The smallest absolute Gasteiger partial charge is 0.151 e. The van der Waals surface area contributed by atoms with Gasteiger partial charge in [-0.25, -0.2) is 4.68 Å². The SMILES string of the molecule is CCc1c(C)nn(-c2ccc(C=O)c(Cl)c2)c1C. The highest BCUT2D eigenvalue weighted by Gasteiger charge is 2.12. The lowest BCUT2D eigenvalue weighted by Crippen LogP contribution is -2.00. The Morgan fingerprint density at radius 2 is 2.11 bits per heavy atom. The molecule has 0 spiro atoms. The van der Waals surface area contributed by atoms with E-state index in [4.69, 9.17) is 11.6 Å². The minimum atomic E-state index is 0.452. The molecule has 0 saturated carbocycles. The topological polar surface area (TPSA) is 34.9 Å². The summed E-state index contributed by atoms with van der Waals surface area (Å²) >= 11 is 6.04. The van der Waals surface area contributed by atoms with Gasteiger partial charge in [-0.3, -0.25) is 4.79 Å². The van der Waals surface area contributed by atoms with Crippen molar-refractivity contribution < 1.29 is 4.79 Å². The van der Waals surface area contributed by atoms with Crippen molar-refractivity contribution in [2.45, 2.75) is 27.2 Å². The minimum absolute atomic E-state index is 0.452. The van der Waals surface area contributed by atoms with Crippen LogP contribution >= 0.6 is 11.6 Å². The Morgan fingerprint density at radius 3 is 2.61 bits per heavy atom. The second-order valence-electron chi connectivity index (χ2n) is 4.24. The Bertz CT molecular complexity index is 602. The van der Waals surface area contributed by atoms with Crippen molar-refractivity contribution in [3.63, 3.8) is 0 Å². The molecule has 1 heterocycles. The van der Waals surface area contributed by atoms with E-state index in [0.717, 1.165) is 29.8 Å². The van der Waals surface area contributed by atoms with Gasteiger partial charge < -0.3 is 0 Å². The molecule has 0 radical (unpaired) electrons. The van der Waals surface area contributed by atoms with E-state index in [2.05, 4.69) is 12.0 Å². The van der Waals surface area contributed by atoms with Crippen LogP contribution in [0.4, 0.5) is 0 Å². The zero-order chi connectivity index (χ0) is 13.3. The van der Waals surface area contributed by atoms with Crippen LogP contribution in [0.3, 0.4) is 0 Å². The Hall–Kier alpha value is -1.61. The number of carbonyl (C=O) groups is 1. The van der Waals surface area contributed by atoms with Crippen molar-refractivity contribution in [1.29, 1.82) is 0 Å². The number of hydrogen-bond acceptors (Lipinski definition) is 2. The minimum Gasteiger partial charge on any atom is -0.298 e. The average Bonchev–Trinajstić information content (AvgIpc) is 2.64. The van der Waals surface area contributed by atoms with Crippen LogP contribution in [0.1, 0.15) is 34.2 Å². The van der Waals surface area contributed by atoms with Crippen LogP contribution in [0, 0.1) is 13.8 Å². The van der Waals surface area contributed by atoms with Crippen LogP contribution in [-0.2, 0) is 6.42 Å². The molecule has 0 unspecified atom stereocenters. The predicted octanol–water partition coefficient (Wildman–Crippen LogP) is 3.52. The van der Waals surface area contributed by atoms with Crippen molar-refractivity contribution in [2.75, 3.05) is 0 Å². The first-order chi connectivity index (χ1) is 8.58. The number of hydrogen-bond donors (Lipinski definition) is 0. The van der Waals surface area contributed by atoms with Crippen LogP contribution in [-0.4, -0.2) is 16.1 Å². The fourth-order valence-corrected chi connectivity index (χ4v) is 2.40. The summed E-state index contributed by atoms with van der Waals surface area (Å²) in [5, 5.41) is 4.97. The third kappa shape index (κ3) is 2.06. The zero-order valence-electron chi connectivity index (χ0n) is 10.7. The summed E-state index contributed by atoms with van der Waals surface area (Å²) in [7, 11) is 0. The molecular formula is C14H15ClN2O. The largest absolute Gasteiger partial charge is 0.298 e. The summed E-state index contributed by atoms with van der Waals surface area (Å²) in [6.07, 6.45) is 1.71. The second-order valence-corrected chi connectivity index (χ2v) is 4.65. The molecule has 0 saturated heterocycles. The molecule has 0 aliphatic carbocycles. The van der Waals surface area contributed by atoms with E-state index >= 15 is 0 Å². The lowest BCUT2D eigenvalue weighted by molar-refractivity contribution is 0.112. The summed E-state index contributed by atoms with van der Waals surface area (Å²) in [6, 6.07) is 5.34. The van der Waals surface area contributed by atoms with E-state index in [-0.39, 0.29) is 0 Å². The van der Waals surface area contributed by atoms with E-state index < -0.39 is 0 Å². The average molecular weight is 263 g/mol. The number of aromatic nitrogens is 2. The van der Waals surface area contributed by atoms with Crippen LogP contribution in [0.25, 0.3) is 5.69 Å². The van der Waals surface area contributed by atoms with Crippen molar-refractivity contribution in [3.05, 3.63) is 45.7 Å². The summed E-state index contributed by atoms with van der Waals surface area (Å²) in [5.41, 5.74) is 4.78. The number of nitrogens with zero attached hydrogens (tertiary/aromatic N) is 2. The standard InChI is InChI=1S/C14H15ClN2O/c1-4-13-9(2)16-17(10(13)3)12-6-5-11(8-18)14(15)7-12/h5-8H,4H2,1-3H3. The van der Waals surface area contributed by atoms with E-state index in [9.17, 15) is 4.79 Å². The van der Waals surface area contributed by atoms with Gasteiger partial charge in [-0.2, -0.15) is 5.10 Å². The quantitative estimate of drug-likeness (QED) is 0.794. The van der Waals surface area contributed by atoms with E-state index in [1.54, 1.807) is 12.1 Å². The van der Waals surface area contributed by atoms with Gasteiger partial charge in [-0.1, -0.05) is 18.5 Å². The van der Waals surface area contributed by atoms with E-state index in [1.807, 2.05) is 24.6 Å². The number of aryl methyl sites for hydroxylation is 1. The summed E-state index contributed by atoms with van der Waals surface area (Å²) in [4.78, 5) is 10.7. The first kappa shape index (κ1) is 12.8. The van der Waals surface area contributed by atoms with Gasteiger partial charge in [0.15, 0.2) is 6.29 Å². The number of benzene rings is 1. The third-order valence-electron chi connectivity index (χ3n) is 3.15. The number of carbonyl (C=O) groups excluding carboxylic acids is 1. The monoisotopic (exact) mass is 262 g/mol. The molecule has 0 fully saturated rings. The van der Waals surface area contributed by atoms with Gasteiger partial charge in [-0.15, -0.1) is 0 Å². The number of halogens is 1. The van der Waals surface area contributed by atoms with Crippen molar-refractivity contribution in [2.24, 2.45) is 0 Å². The maximum atomic E-state index is 10.7. The van der Waals surface area contributed by atoms with Crippen LogP contribution < -0.4 is 0 Å². The van der Waals surface area contributed by atoms with Crippen molar-refractivity contribution in [1.82, 2.24) is 9.78 Å². The molecule has 18 heavy (non-hydrogen) atoms. The Kier molecular flexibility index (Phi) is 3.53. The maximum absolute atomic E-state index is 10.7. The molecule has 94 valence electrons. The molecule has 0 bridgehead atoms. The van der Waals surface area contributed by atoms with Gasteiger partial charge in [0.2, 0.25) is 0 Å². The highest BCUT2D eigenvalue weighted by atomic mass is 35.5. The molecular weight excluding hydrogens is 248 g/mol. The van der Waals surface area contributed by atoms with Crippen LogP contribution in [0.15, 0.2) is 18.2 Å².